The number of anilines is 1. The first-order chi connectivity index (χ1) is 13.5. The van der Waals surface area contributed by atoms with Crippen LogP contribution in [-0.2, 0) is 0 Å². The zero-order valence-corrected chi connectivity index (χ0v) is 16.8. The van der Waals surface area contributed by atoms with Crippen molar-refractivity contribution in [3.63, 3.8) is 0 Å². The predicted molar refractivity (Wildman–Crippen MR) is 114 cm³/mol. The smallest absolute Gasteiger partial charge is 0.159 e. The summed E-state index contributed by atoms with van der Waals surface area (Å²) < 4.78 is 0. The van der Waals surface area contributed by atoms with Crippen molar-refractivity contribution in [1.29, 1.82) is 5.26 Å². The fourth-order valence-corrected chi connectivity index (χ4v) is 4.30. The summed E-state index contributed by atoms with van der Waals surface area (Å²) >= 11 is 0. The second kappa shape index (κ2) is 7.24. The molecule has 1 fully saturated rings. The molecule has 0 saturated carbocycles. The number of hydrogen-bond acceptors (Lipinski definition) is 4. The molecule has 2 heterocycles. The average molecular weight is 371 g/mol. The summed E-state index contributed by atoms with van der Waals surface area (Å²) in [7, 11) is 0. The van der Waals surface area contributed by atoms with Crippen LogP contribution in [0, 0.1) is 16.7 Å². The lowest BCUT2D eigenvalue weighted by Crippen LogP contribution is -2.47. The van der Waals surface area contributed by atoms with Crippen molar-refractivity contribution < 1.29 is 0 Å². The van der Waals surface area contributed by atoms with Crippen LogP contribution in [0.25, 0.3) is 22.0 Å². The quantitative estimate of drug-likeness (QED) is 0.591. The van der Waals surface area contributed by atoms with Gasteiger partial charge >= 0.3 is 0 Å². The molecule has 0 N–H and O–H groups in total. The number of nitrogens with zero attached hydrogens (tertiary/aromatic N) is 4. The molecule has 3 aromatic rings. The highest BCUT2D eigenvalue weighted by atomic mass is 15.3. The maximum atomic E-state index is 9.06. The van der Waals surface area contributed by atoms with Crippen molar-refractivity contribution >= 4 is 16.6 Å². The van der Waals surface area contributed by atoms with Gasteiger partial charge in [0.1, 0.15) is 5.69 Å². The zero-order chi connectivity index (χ0) is 19.7. The summed E-state index contributed by atoms with van der Waals surface area (Å²) in [5, 5.41) is 20.7. The van der Waals surface area contributed by atoms with Gasteiger partial charge in [-0.1, -0.05) is 57.2 Å². The molecule has 4 rings (SSSR count). The lowest BCUT2D eigenvalue weighted by Gasteiger charge is -2.44. The third-order valence-corrected chi connectivity index (χ3v) is 5.73. The van der Waals surface area contributed by atoms with Gasteiger partial charge < -0.3 is 4.90 Å². The highest BCUT2D eigenvalue weighted by Gasteiger charge is 2.34. The normalized spacial score (nSPS) is 17.5. The zero-order valence-electron chi connectivity index (χ0n) is 16.8. The van der Waals surface area contributed by atoms with Gasteiger partial charge in [0.25, 0.3) is 0 Å². The molecule has 1 aromatic heterocycles. The Balaban J connectivity index is 1.85. The number of benzene rings is 2. The van der Waals surface area contributed by atoms with E-state index in [9.17, 15) is 0 Å². The minimum Gasteiger partial charge on any atom is -0.351 e. The van der Waals surface area contributed by atoms with E-state index in [1.165, 1.54) is 19.3 Å². The first kappa shape index (κ1) is 18.4. The molecular formula is C24H26N4. The number of fused-ring (bicyclic) bond motifs is 1. The molecule has 4 heteroatoms. The van der Waals surface area contributed by atoms with Gasteiger partial charge in [-0.3, -0.25) is 0 Å². The van der Waals surface area contributed by atoms with Crippen molar-refractivity contribution in [3.8, 4) is 17.3 Å². The number of aromatic nitrogens is 2. The van der Waals surface area contributed by atoms with E-state index in [4.69, 9.17) is 10.4 Å². The minimum absolute atomic E-state index is 0.189. The number of nitriles is 1. The molecule has 0 aliphatic carbocycles. The van der Waals surface area contributed by atoms with Crippen LogP contribution in [0.15, 0.2) is 48.5 Å². The lowest BCUT2D eigenvalue weighted by molar-refractivity contribution is 0.260. The highest BCUT2D eigenvalue weighted by Crippen LogP contribution is 2.38. The van der Waals surface area contributed by atoms with Crippen molar-refractivity contribution in [2.24, 2.45) is 5.41 Å². The van der Waals surface area contributed by atoms with E-state index >= 15 is 0 Å². The van der Waals surface area contributed by atoms with Gasteiger partial charge in [0, 0.05) is 28.9 Å². The summed E-state index contributed by atoms with van der Waals surface area (Å²) in [4.78, 5) is 2.47. The monoisotopic (exact) mass is 370 g/mol. The Morgan fingerprint density at radius 1 is 0.964 bits per heavy atom. The summed E-state index contributed by atoms with van der Waals surface area (Å²) in [5.41, 5.74) is 2.70. The molecule has 0 spiro atoms. The molecule has 0 radical (unpaired) electrons. The van der Waals surface area contributed by atoms with Crippen LogP contribution < -0.4 is 4.90 Å². The van der Waals surface area contributed by atoms with Crippen LogP contribution in [0.1, 0.15) is 45.6 Å². The molecule has 1 saturated heterocycles. The molecule has 28 heavy (non-hydrogen) atoms. The Labute approximate surface area is 166 Å². The van der Waals surface area contributed by atoms with Crippen LogP contribution in [0.3, 0.4) is 0 Å². The van der Waals surface area contributed by atoms with Crippen LogP contribution in [-0.4, -0.2) is 22.8 Å². The maximum Gasteiger partial charge on any atom is 0.159 e. The van der Waals surface area contributed by atoms with Gasteiger partial charge in [-0.15, -0.1) is 10.2 Å². The predicted octanol–water partition coefficient (Wildman–Crippen LogP) is 5.57. The fraction of sp³-hybridized carbons (Fsp3) is 0.375. The third kappa shape index (κ3) is 3.33. The van der Waals surface area contributed by atoms with Crippen LogP contribution in [0.2, 0.25) is 0 Å². The average Bonchev–Trinajstić information content (AvgIpc) is 2.72. The second-order valence-corrected chi connectivity index (χ2v) is 8.68. The van der Waals surface area contributed by atoms with Crippen molar-refractivity contribution in [1.82, 2.24) is 10.2 Å². The molecule has 142 valence electrons. The number of piperidine rings is 1. The standard InChI is InChI=1S/C24H26N4/c1-24(2,3)21-10-6-7-15-28(21)23-20-9-5-4-8-19(20)22(26-27-23)18-13-11-17(16-25)12-14-18/h4-5,8-9,11-14,21H,6-7,10,15H2,1-3H3. The first-order valence-corrected chi connectivity index (χ1v) is 10.0. The Hall–Kier alpha value is -2.93. The van der Waals surface area contributed by atoms with Gasteiger partial charge in [0.15, 0.2) is 5.82 Å². The molecule has 1 aliphatic heterocycles. The Morgan fingerprint density at radius 3 is 2.36 bits per heavy atom. The van der Waals surface area contributed by atoms with Crippen molar-refractivity contribution in [2.75, 3.05) is 11.4 Å². The number of hydrogen-bond donors (Lipinski definition) is 0. The minimum atomic E-state index is 0.189. The molecule has 0 amide bonds. The second-order valence-electron chi connectivity index (χ2n) is 8.68. The molecule has 4 nitrogen and oxygen atoms in total. The Morgan fingerprint density at radius 2 is 1.68 bits per heavy atom. The van der Waals surface area contributed by atoms with E-state index in [-0.39, 0.29) is 5.41 Å². The lowest BCUT2D eigenvalue weighted by atomic mass is 9.80. The summed E-state index contributed by atoms with van der Waals surface area (Å²) in [6, 6.07) is 18.6. The van der Waals surface area contributed by atoms with E-state index < -0.39 is 0 Å². The summed E-state index contributed by atoms with van der Waals surface area (Å²) in [5.74, 6) is 0.993. The van der Waals surface area contributed by atoms with Gasteiger partial charge in [0.2, 0.25) is 0 Å². The first-order valence-electron chi connectivity index (χ1n) is 10.0. The Bertz CT molecular complexity index is 1030. The van der Waals surface area contributed by atoms with E-state index in [0.29, 0.717) is 11.6 Å². The molecule has 1 unspecified atom stereocenters. The van der Waals surface area contributed by atoms with E-state index in [0.717, 1.165) is 34.4 Å². The molecule has 2 aromatic carbocycles. The third-order valence-electron chi connectivity index (χ3n) is 5.73. The largest absolute Gasteiger partial charge is 0.351 e. The van der Waals surface area contributed by atoms with Crippen LogP contribution >= 0.6 is 0 Å². The van der Waals surface area contributed by atoms with Gasteiger partial charge in [-0.25, -0.2) is 0 Å². The fourth-order valence-electron chi connectivity index (χ4n) is 4.30. The van der Waals surface area contributed by atoms with Crippen LogP contribution in [0.4, 0.5) is 5.82 Å². The van der Waals surface area contributed by atoms with Gasteiger partial charge in [-0.2, -0.15) is 5.26 Å². The SMILES string of the molecule is CC(C)(C)C1CCCCN1c1nnc(-c2ccc(C#N)cc2)c2ccccc12. The van der Waals surface area contributed by atoms with E-state index in [1.54, 1.807) is 0 Å². The highest BCUT2D eigenvalue weighted by molar-refractivity contribution is 6.00. The van der Waals surface area contributed by atoms with E-state index in [1.807, 2.05) is 24.3 Å². The Kier molecular flexibility index (Phi) is 4.77. The molecule has 1 atom stereocenters. The summed E-state index contributed by atoms with van der Waals surface area (Å²) in [6.45, 7) is 7.97. The van der Waals surface area contributed by atoms with Crippen molar-refractivity contribution in [3.05, 3.63) is 54.1 Å². The maximum absolute atomic E-state index is 9.06. The van der Waals surface area contributed by atoms with E-state index in [2.05, 4.69) is 61.1 Å². The molecule has 1 aliphatic rings. The molecular weight excluding hydrogens is 344 g/mol. The van der Waals surface area contributed by atoms with Crippen LogP contribution in [0.5, 0.6) is 0 Å². The topological polar surface area (TPSA) is 52.8 Å². The van der Waals surface area contributed by atoms with Gasteiger partial charge in [0.05, 0.1) is 11.6 Å². The summed E-state index contributed by atoms with van der Waals surface area (Å²) in [6.07, 6.45) is 3.66. The van der Waals surface area contributed by atoms with Crippen molar-refractivity contribution in [2.45, 2.75) is 46.1 Å². The van der Waals surface area contributed by atoms with Gasteiger partial charge in [-0.05, 0) is 36.8 Å². The molecule has 0 bridgehead atoms. The number of rotatable bonds is 2.